The number of hydrogen-bond donors (Lipinski definition) is 2. The van der Waals surface area contributed by atoms with Gasteiger partial charge in [-0.3, -0.25) is 0 Å². The van der Waals surface area contributed by atoms with Crippen molar-refractivity contribution in [2.45, 2.75) is 18.3 Å². The van der Waals surface area contributed by atoms with Crippen molar-refractivity contribution in [3.05, 3.63) is 23.3 Å². The van der Waals surface area contributed by atoms with Gasteiger partial charge in [0.05, 0.1) is 5.69 Å². The second-order valence-electron chi connectivity index (χ2n) is 4.73. The highest BCUT2D eigenvalue weighted by Gasteiger charge is 2.35. The summed E-state index contributed by atoms with van der Waals surface area (Å²) in [7, 11) is 0. The topological polar surface area (TPSA) is 33.3 Å². The van der Waals surface area contributed by atoms with Crippen LogP contribution in [0.2, 0.25) is 0 Å². The van der Waals surface area contributed by atoms with E-state index in [1.165, 1.54) is 17.7 Å². The van der Waals surface area contributed by atoms with E-state index < -0.39 is 0 Å². The van der Waals surface area contributed by atoms with Crippen molar-refractivity contribution in [2.24, 2.45) is 0 Å². The summed E-state index contributed by atoms with van der Waals surface area (Å²) in [5.74, 6) is 2.49. The molecule has 78 valence electrons. The Morgan fingerprint density at radius 1 is 1.13 bits per heavy atom. The average Bonchev–Trinajstić information content (AvgIpc) is 2.82. The van der Waals surface area contributed by atoms with Crippen molar-refractivity contribution in [1.82, 2.24) is 5.32 Å². The molecule has 2 aliphatic heterocycles. The standard InChI is InChI=1S/C12H14N2O/c1-7-4-13-5-8(1)10-3-12-11(2-9(7)10)14-6-15-12/h2-3,7-8,13-14H,1,4-6H2. The first-order valence-electron chi connectivity index (χ1n) is 5.67. The van der Waals surface area contributed by atoms with E-state index in [1.807, 2.05) is 0 Å². The summed E-state index contributed by atoms with van der Waals surface area (Å²) in [6.45, 7) is 2.91. The SMILES string of the molecule is c1c2c(cc3c1C1CNCC3C1)OCN2. The molecule has 1 aromatic carbocycles. The molecule has 4 rings (SSSR count). The van der Waals surface area contributed by atoms with E-state index in [0.717, 1.165) is 24.8 Å². The second-order valence-corrected chi connectivity index (χ2v) is 4.73. The largest absolute Gasteiger partial charge is 0.471 e. The molecule has 1 saturated heterocycles. The Hall–Kier alpha value is -1.22. The van der Waals surface area contributed by atoms with Crippen molar-refractivity contribution in [3.8, 4) is 5.75 Å². The number of rotatable bonds is 0. The first-order chi connectivity index (χ1) is 7.42. The zero-order chi connectivity index (χ0) is 9.83. The van der Waals surface area contributed by atoms with Crippen LogP contribution in [0.1, 0.15) is 29.4 Å². The quantitative estimate of drug-likeness (QED) is 0.670. The van der Waals surface area contributed by atoms with Crippen LogP contribution < -0.4 is 15.4 Å². The molecule has 0 amide bonds. The summed E-state index contributed by atoms with van der Waals surface area (Å²) in [5, 5.41) is 6.77. The zero-order valence-corrected chi connectivity index (χ0v) is 8.55. The lowest BCUT2D eigenvalue weighted by molar-refractivity contribution is 0.372. The average molecular weight is 202 g/mol. The first-order valence-corrected chi connectivity index (χ1v) is 5.67. The van der Waals surface area contributed by atoms with Gasteiger partial charge in [-0.25, -0.2) is 0 Å². The number of benzene rings is 1. The van der Waals surface area contributed by atoms with Crippen molar-refractivity contribution < 1.29 is 4.74 Å². The van der Waals surface area contributed by atoms with Crippen molar-refractivity contribution in [1.29, 1.82) is 0 Å². The number of piperidine rings is 1. The fourth-order valence-corrected chi connectivity index (χ4v) is 3.18. The van der Waals surface area contributed by atoms with Crippen LogP contribution in [0.25, 0.3) is 0 Å². The summed E-state index contributed by atoms with van der Waals surface area (Å²) < 4.78 is 5.54. The van der Waals surface area contributed by atoms with Crippen molar-refractivity contribution in [3.63, 3.8) is 0 Å². The number of ether oxygens (including phenoxy) is 1. The van der Waals surface area contributed by atoms with Crippen molar-refractivity contribution in [2.75, 3.05) is 25.1 Å². The third-order valence-corrected chi connectivity index (χ3v) is 3.91. The third kappa shape index (κ3) is 0.988. The summed E-state index contributed by atoms with van der Waals surface area (Å²) in [6.07, 6.45) is 1.32. The van der Waals surface area contributed by atoms with Gasteiger partial charge in [-0.15, -0.1) is 0 Å². The highest BCUT2D eigenvalue weighted by molar-refractivity contribution is 5.64. The predicted octanol–water partition coefficient (Wildman–Crippen LogP) is 1.62. The Morgan fingerprint density at radius 3 is 2.80 bits per heavy atom. The third-order valence-electron chi connectivity index (χ3n) is 3.91. The maximum Gasteiger partial charge on any atom is 0.159 e. The van der Waals surface area contributed by atoms with Crippen LogP contribution in [0, 0.1) is 0 Å². The molecule has 1 aliphatic carbocycles. The van der Waals surface area contributed by atoms with Gasteiger partial charge in [0.15, 0.2) is 6.73 Å². The van der Waals surface area contributed by atoms with E-state index >= 15 is 0 Å². The van der Waals surface area contributed by atoms with Crippen LogP contribution >= 0.6 is 0 Å². The Balaban J connectivity index is 1.91. The molecule has 2 unspecified atom stereocenters. The van der Waals surface area contributed by atoms with Crippen LogP contribution in [0.3, 0.4) is 0 Å². The van der Waals surface area contributed by atoms with E-state index in [4.69, 9.17) is 4.74 Å². The van der Waals surface area contributed by atoms with Gasteiger partial charge in [0, 0.05) is 13.1 Å². The molecule has 1 aromatic rings. The molecule has 2 bridgehead atoms. The van der Waals surface area contributed by atoms with Gasteiger partial charge in [-0.2, -0.15) is 0 Å². The van der Waals surface area contributed by atoms with Crippen LogP contribution in [0.5, 0.6) is 5.75 Å². The van der Waals surface area contributed by atoms with E-state index in [1.54, 1.807) is 5.56 Å². The zero-order valence-electron chi connectivity index (χ0n) is 8.55. The van der Waals surface area contributed by atoms with Gasteiger partial charge < -0.3 is 15.4 Å². The van der Waals surface area contributed by atoms with Crippen molar-refractivity contribution >= 4 is 5.69 Å². The molecule has 0 spiro atoms. The molecule has 3 nitrogen and oxygen atoms in total. The van der Waals surface area contributed by atoms with Gasteiger partial charge >= 0.3 is 0 Å². The fourth-order valence-electron chi connectivity index (χ4n) is 3.18. The number of hydrogen-bond acceptors (Lipinski definition) is 3. The molecule has 0 saturated carbocycles. The minimum atomic E-state index is 0.631. The highest BCUT2D eigenvalue weighted by atomic mass is 16.5. The van der Waals surface area contributed by atoms with Gasteiger partial charge in [0.25, 0.3) is 0 Å². The van der Waals surface area contributed by atoms with E-state index in [2.05, 4.69) is 22.8 Å². The van der Waals surface area contributed by atoms with Gasteiger partial charge in [-0.05, 0) is 41.5 Å². The molecule has 15 heavy (non-hydrogen) atoms. The van der Waals surface area contributed by atoms with Gasteiger partial charge in [-0.1, -0.05) is 0 Å². The fraction of sp³-hybridized carbons (Fsp3) is 0.500. The summed E-state index contributed by atoms with van der Waals surface area (Å²) >= 11 is 0. The molecule has 1 fully saturated rings. The molecular weight excluding hydrogens is 188 g/mol. The second kappa shape index (κ2) is 2.67. The minimum absolute atomic E-state index is 0.631. The number of fused-ring (bicyclic) bond motifs is 6. The maximum atomic E-state index is 5.54. The van der Waals surface area contributed by atoms with E-state index in [0.29, 0.717) is 12.6 Å². The van der Waals surface area contributed by atoms with Crippen LogP contribution in [-0.4, -0.2) is 19.8 Å². The molecule has 3 aliphatic rings. The highest BCUT2D eigenvalue weighted by Crippen LogP contribution is 2.47. The smallest absolute Gasteiger partial charge is 0.159 e. The lowest BCUT2D eigenvalue weighted by atomic mass is 9.98. The Bertz CT molecular complexity index is 393. The van der Waals surface area contributed by atoms with Crippen LogP contribution in [-0.2, 0) is 0 Å². The van der Waals surface area contributed by atoms with E-state index in [9.17, 15) is 0 Å². The minimum Gasteiger partial charge on any atom is -0.471 e. The Labute approximate surface area is 88.8 Å². The predicted molar refractivity (Wildman–Crippen MR) is 58.5 cm³/mol. The summed E-state index contributed by atoms with van der Waals surface area (Å²) in [4.78, 5) is 0. The molecule has 2 atom stereocenters. The van der Waals surface area contributed by atoms with Crippen LogP contribution in [0.15, 0.2) is 12.1 Å². The normalized spacial score (nSPS) is 30.4. The van der Waals surface area contributed by atoms with E-state index in [-0.39, 0.29) is 0 Å². The Morgan fingerprint density at radius 2 is 1.93 bits per heavy atom. The number of nitrogens with one attached hydrogen (secondary N) is 2. The monoisotopic (exact) mass is 202 g/mol. The molecule has 2 N–H and O–H groups in total. The summed E-state index contributed by atoms with van der Waals surface area (Å²) in [6, 6.07) is 4.55. The molecular formula is C12H14N2O. The van der Waals surface area contributed by atoms with Crippen LogP contribution in [0.4, 0.5) is 5.69 Å². The number of anilines is 1. The molecule has 0 aromatic heterocycles. The first kappa shape index (κ1) is 7.99. The summed E-state index contributed by atoms with van der Waals surface area (Å²) in [5.41, 5.74) is 4.25. The molecule has 2 heterocycles. The maximum absolute atomic E-state index is 5.54. The van der Waals surface area contributed by atoms with Gasteiger partial charge in [0.2, 0.25) is 0 Å². The van der Waals surface area contributed by atoms with Gasteiger partial charge in [0.1, 0.15) is 5.75 Å². The Kier molecular flexibility index (Phi) is 1.42. The molecule has 0 radical (unpaired) electrons. The lowest BCUT2D eigenvalue weighted by Gasteiger charge is -2.19. The lowest BCUT2D eigenvalue weighted by Crippen LogP contribution is -2.28. The molecule has 3 heteroatoms.